The Hall–Kier alpha value is -2.94. The average molecular weight is 657 g/mol. The van der Waals surface area contributed by atoms with Crippen molar-refractivity contribution in [1.82, 2.24) is 0 Å². The molecule has 0 amide bonds. The summed E-state index contributed by atoms with van der Waals surface area (Å²) >= 11 is 0. The first-order valence-electron chi connectivity index (χ1n) is 17.1. The van der Waals surface area contributed by atoms with E-state index in [1.165, 1.54) is 29.8 Å². The summed E-state index contributed by atoms with van der Waals surface area (Å²) in [6.07, 6.45) is 4.11. The van der Waals surface area contributed by atoms with E-state index in [1.54, 1.807) is 19.1 Å². The molecule has 0 bridgehead atoms. The van der Waals surface area contributed by atoms with Crippen molar-refractivity contribution in [3.05, 3.63) is 59.7 Å². The molecule has 0 radical (unpaired) electrons. The van der Waals surface area contributed by atoms with Gasteiger partial charge in [-0.3, -0.25) is 9.59 Å². The molecule has 47 heavy (non-hydrogen) atoms. The van der Waals surface area contributed by atoms with Gasteiger partial charge in [0.05, 0.1) is 5.92 Å². The highest BCUT2D eigenvalue weighted by atomic mass is 19.4. The molecule has 3 saturated carbocycles. The molecule has 1 heterocycles. The Labute approximate surface area is 275 Å². The van der Waals surface area contributed by atoms with Gasteiger partial charge in [-0.25, -0.2) is 4.79 Å². The third-order valence-electron chi connectivity index (χ3n) is 13.5. The van der Waals surface area contributed by atoms with Gasteiger partial charge >= 0.3 is 18.1 Å². The number of carbonyl (C=O) groups is 3. The molecule has 12 atom stereocenters. The first-order valence-corrected chi connectivity index (χ1v) is 17.1. The van der Waals surface area contributed by atoms with E-state index < -0.39 is 47.8 Å². The average Bonchev–Trinajstić information content (AvgIpc) is 3.51. The quantitative estimate of drug-likeness (QED) is 0.279. The van der Waals surface area contributed by atoms with Crippen molar-refractivity contribution < 1.29 is 41.8 Å². The van der Waals surface area contributed by atoms with Crippen molar-refractivity contribution in [3.63, 3.8) is 0 Å². The second-order valence-electron chi connectivity index (χ2n) is 15.4. The van der Waals surface area contributed by atoms with Gasteiger partial charge in [-0.2, -0.15) is 13.2 Å². The fourth-order valence-electron chi connectivity index (χ4n) is 10.6. The van der Waals surface area contributed by atoms with Gasteiger partial charge in [-0.15, -0.1) is 0 Å². The Morgan fingerprint density at radius 2 is 1.72 bits per heavy atom. The van der Waals surface area contributed by atoms with Crippen LogP contribution in [0.1, 0.15) is 78.7 Å². The lowest BCUT2D eigenvalue weighted by Crippen LogP contribution is -2.55. The minimum Gasteiger partial charge on any atom is -0.458 e. The molecule has 6 nitrogen and oxygen atoms in total. The summed E-state index contributed by atoms with van der Waals surface area (Å²) in [6.45, 7) is 10.1. The van der Waals surface area contributed by atoms with E-state index in [0.29, 0.717) is 17.8 Å². The van der Waals surface area contributed by atoms with E-state index in [0.717, 1.165) is 45.6 Å². The summed E-state index contributed by atoms with van der Waals surface area (Å²) in [6, 6.07) is 6.83. The third-order valence-corrected chi connectivity index (χ3v) is 13.5. The van der Waals surface area contributed by atoms with Crippen LogP contribution >= 0.6 is 0 Å². The van der Waals surface area contributed by atoms with Gasteiger partial charge in [-0.1, -0.05) is 76.6 Å². The summed E-state index contributed by atoms with van der Waals surface area (Å²) in [4.78, 5) is 39.0. The molecule has 1 aliphatic heterocycles. The van der Waals surface area contributed by atoms with Crippen LogP contribution in [0.2, 0.25) is 0 Å². The zero-order valence-corrected chi connectivity index (χ0v) is 28.1. The largest absolute Gasteiger partial charge is 0.458 e. The molecule has 1 aromatic carbocycles. The second-order valence-corrected chi connectivity index (χ2v) is 15.4. The normalized spacial score (nSPS) is 39.1. The summed E-state index contributed by atoms with van der Waals surface area (Å²) in [7, 11) is 0.865. The zero-order chi connectivity index (χ0) is 34.1. The molecule has 0 spiro atoms. The Balaban J connectivity index is 1.33. The Bertz CT molecular complexity index is 1470. The molecule has 1 saturated heterocycles. The lowest BCUT2D eigenvalue weighted by atomic mass is 9.47. The van der Waals surface area contributed by atoms with Gasteiger partial charge in [0.2, 0.25) is 0 Å². The number of fused-ring (bicyclic) bond motifs is 5. The minimum absolute atomic E-state index is 0.0286. The zero-order valence-electron chi connectivity index (χ0n) is 28.1. The first-order chi connectivity index (χ1) is 22.1. The predicted molar refractivity (Wildman–Crippen MR) is 169 cm³/mol. The number of hydrogen-bond donors (Lipinski definition) is 0. The lowest BCUT2D eigenvalue weighted by molar-refractivity contribution is -0.281. The van der Waals surface area contributed by atoms with Crippen LogP contribution in [0, 0.1) is 52.3 Å². The number of halogens is 3. The molecule has 0 N–H and O–H groups in total. The molecule has 4 fully saturated rings. The minimum atomic E-state index is -5.12. The highest BCUT2D eigenvalue weighted by molar-refractivity contribution is 6.01. The third kappa shape index (κ3) is 5.12. The molecule has 256 valence electrons. The van der Waals surface area contributed by atoms with E-state index in [-0.39, 0.29) is 34.0 Å². The van der Waals surface area contributed by atoms with Crippen molar-refractivity contribution in [1.29, 1.82) is 0 Å². The van der Waals surface area contributed by atoms with Gasteiger partial charge in [0.15, 0.2) is 5.78 Å². The number of hydrogen-bond acceptors (Lipinski definition) is 6. The van der Waals surface area contributed by atoms with E-state index in [1.807, 2.05) is 19.9 Å². The number of allylic oxidation sites excluding steroid dienone is 4. The van der Waals surface area contributed by atoms with Crippen LogP contribution in [0.25, 0.3) is 0 Å². The molecule has 4 aliphatic carbocycles. The summed E-state index contributed by atoms with van der Waals surface area (Å²) < 4.78 is 61.7. The topological polar surface area (TPSA) is 78.9 Å². The molecular formula is C38H47F3O6. The molecule has 5 aliphatic rings. The van der Waals surface area contributed by atoms with Crippen molar-refractivity contribution in [3.8, 4) is 0 Å². The lowest BCUT2D eigenvalue weighted by Gasteiger charge is -2.57. The van der Waals surface area contributed by atoms with E-state index in [9.17, 15) is 27.6 Å². The number of carbonyl (C=O) groups excluding carboxylic acids is 3. The van der Waals surface area contributed by atoms with E-state index in [2.05, 4.69) is 19.9 Å². The Morgan fingerprint density at radius 1 is 1.02 bits per heavy atom. The second kappa shape index (κ2) is 11.9. The number of alkyl halides is 3. The van der Waals surface area contributed by atoms with Crippen LogP contribution < -0.4 is 0 Å². The van der Waals surface area contributed by atoms with E-state index >= 15 is 0 Å². The van der Waals surface area contributed by atoms with Crippen LogP contribution in [0.4, 0.5) is 13.2 Å². The number of ether oxygens (including phenoxy) is 3. The standard InChI is InChI=1S/C38H47F3O6/c1-21-22(2)33(43)46-31(21)32(47-34(44)37(45-6,38(39,40)41)24-10-8-7-9-11-24)23(3)28-14-15-29-27-13-12-25-20-26(42)16-18-35(25,4)30(27)17-19-36(28,29)5/h7-11,16,18,20-23,27-32H,12-15,17,19H2,1-6H3/t21-,22+,23-,27-,28+,29-,30-,31+,32-,35-,36+,37-/m0/s1. The Morgan fingerprint density at radius 3 is 2.34 bits per heavy atom. The number of esters is 2. The Kier molecular flexibility index (Phi) is 8.58. The maximum absolute atomic E-state index is 14.9. The SMILES string of the molecule is CO[C@](C(=O)O[C@@H]([C@@H](C)[C@H]1CC[C@H]2[C@@H]3CCC4=CC(=O)C=C[C@]4(C)[C@H]3CC[C@]12C)[C@@H]1OC(=O)[C@H](C)[C@@H]1C)(c1ccccc1)C(F)(F)F. The van der Waals surface area contributed by atoms with Gasteiger partial charge in [-0.05, 0) is 79.8 Å². The van der Waals surface area contributed by atoms with Crippen molar-refractivity contribution >= 4 is 17.7 Å². The molecule has 0 unspecified atom stereocenters. The van der Waals surface area contributed by atoms with Crippen molar-refractivity contribution in [2.75, 3.05) is 7.11 Å². The molecular weight excluding hydrogens is 609 g/mol. The van der Waals surface area contributed by atoms with Crippen molar-refractivity contribution in [2.45, 2.75) is 97.1 Å². The molecule has 6 rings (SSSR count). The van der Waals surface area contributed by atoms with E-state index in [4.69, 9.17) is 14.2 Å². The molecule has 0 aromatic heterocycles. The number of rotatable bonds is 7. The molecule has 9 heteroatoms. The molecule has 1 aromatic rings. The summed E-state index contributed by atoms with van der Waals surface area (Å²) in [5.41, 5.74) is -2.79. The van der Waals surface area contributed by atoms with Gasteiger partial charge < -0.3 is 14.2 Å². The highest BCUT2D eigenvalue weighted by Gasteiger charge is 2.66. The number of ketones is 1. The van der Waals surface area contributed by atoms with Crippen LogP contribution in [0.3, 0.4) is 0 Å². The monoisotopic (exact) mass is 656 g/mol. The number of benzene rings is 1. The fourth-order valence-corrected chi connectivity index (χ4v) is 10.6. The smallest absolute Gasteiger partial charge is 0.432 e. The predicted octanol–water partition coefficient (Wildman–Crippen LogP) is 7.76. The highest BCUT2D eigenvalue weighted by Crippen LogP contribution is 2.67. The number of methoxy groups -OCH3 is 1. The van der Waals surface area contributed by atoms with Crippen molar-refractivity contribution in [2.24, 2.45) is 52.3 Å². The van der Waals surface area contributed by atoms with Gasteiger partial charge in [0.1, 0.15) is 12.2 Å². The van der Waals surface area contributed by atoms with Crippen LogP contribution in [-0.4, -0.2) is 43.2 Å². The summed E-state index contributed by atoms with van der Waals surface area (Å²) in [5, 5.41) is 0. The van der Waals surface area contributed by atoms with Crippen LogP contribution in [-0.2, 0) is 34.2 Å². The van der Waals surface area contributed by atoms with Gasteiger partial charge in [0.25, 0.3) is 5.60 Å². The first kappa shape index (κ1) is 33.9. The van der Waals surface area contributed by atoms with Crippen LogP contribution in [0.15, 0.2) is 54.1 Å². The fraction of sp³-hybridized carbons (Fsp3) is 0.658. The summed E-state index contributed by atoms with van der Waals surface area (Å²) in [5.74, 6) is -1.93. The van der Waals surface area contributed by atoms with Crippen LogP contribution in [0.5, 0.6) is 0 Å². The van der Waals surface area contributed by atoms with Gasteiger partial charge in [0, 0.05) is 29.9 Å². The maximum Gasteiger partial charge on any atom is 0.432 e. The number of cyclic esters (lactones) is 1. The maximum atomic E-state index is 14.9.